The van der Waals surface area contributed by atoms with Gasteiger partial charge in [0.05, 0.1) is 44.4 Å². The quantitative estimate of drug-likeness (QED) is 0.0744. The Balaban J connectivity index is 0.000000118. The van der Waals surface area contributed by atoms with Crippen LogP contribution in [0.3, 0.4) is 0 Å². The first-order valence-corrected chi connectivity index (χ1v) is 43.6. The summed E-state index contributed by atoms with van der Waals surface area (Å²) in [5, 5.41) is 20.8. The molecule has 3 fully saturated rings. The van der Waals surface area contributed by atoms with Crippen LogP contribution in [0.4, 0.5) is 13.2 Å². The summed E-state index contributed by atoms with van der Waals surface area (Å²) in [5.74, 6) is 0. The Hall–Kier alpha value is -8.16. The Morgan fingerprint density at radius 3 is 1.15 bits per heavy atom. The number of fused-ring (bicyclic) bond motifs is 19. The average Bonchev–Trinajstić information content (AvgIpc) is 1.54. The zero-order valence-corrected chi connectivity index (χ0v) is 71.6. The van der Waals surface area contributed by atoms with Gasteiger partial charge in [-0.05, 0) is 206 Å². The molecule has 19 rings (SSSR count). The molecule has 1 unspecified atom stereocenters. The van der Waals surface area contributed by atoms with Gasteiger partial charge in [0.15, 0.2) is 0 Å². The molecule has 1 atom stereocenters. The highest BCUT2D eigenvalue weighted by Gasteiger charge is 2.55. The van der Waals surface area contributed by atoms with E-state index in [1.54, 1.807) is 6.26 Å². The molecule has 114 heavy (non-hydrogen) atoms. The van der Waals surface area contributed by atoms with Crippen LogP contribution in [0.5, 0.6) is 0 Å². The number of halogens is 5. The lowest BCUT2D eigenvalue weighted by Gasteiger charge is -2.32. The van der Waals surface area contributed by atoms with Gasteiger partial charge in [0.1, 0.15) is 0 Å². The zero-order chi connectivity index (χ0) is 81.0. The van der Waals surface area contributed by atoms with Crippen molar-refractivity contribution in [1.29, 1.82) is 0 Å². The molecule has 5 heterocycles. The van der Waals surface area contributed by atoms with Crippen LogP contribution in [0.1, 0.15) is 83.1 Å². The zero-order valence-electron chi connectivity index (χ0n) is 65.1. The lowest BCUT2D eigenvalue weighted by molar-refractivity contribution is -0.0510. The van der Waals surface area contributed by atoms with E-state index in [1.807, 2.05) is 59.1 Å². The third-order valence-corrected chi connectivity index (χ3v) is 28.2. The van der Waals surface area contributed by atoms with E-state index in [1.165, 1.54) is 121 Å². The Morgan fingerprint density at radius 1 is 0.368 bits per heavy atom. The second kappa shape index (κ2) is 30.7. The molecule has 0 aliphatic carbocycles. The minimum atomic E-state index is -5.84. The van der Waals surface area contributed by atoms with Crippen LogP contribution >= 0.6 is 54.5 Å². The van der Waals surface area contributed by atoms with Crippen molar-refractivity contribution in [3.8, 4) is 22.3 Å². The Bertz CT molecular complexity index is 6520. The summed E-state index contributed by atoms with van der Waals surface area (Å²) in [4.78, 5) is 0.852. The number of hydrogen-bond donors (Lipinski definition) is 1. The van der Waals surface area contributed by atoms with Crippen LogP contribution in [0.2, 0.25) is 0 Å². The van der Waals surface area contributed by atoms with E-state index in [2.05, 4.69) is 333 Å². The van der Waals surface area contributed by atoms with Crippen molar-refractivity contribution >= 4 is 218 Å². The van der Waals surface area contributed by atoms with Crippen molar-refractivity contribution in [1.82, 2.24) is 0 Å². The monoisotopic (exact) mass is 1720 g/mol. The summed E-state index contributed by atoms with van der Waals surface area (Å²) in [5.41, 5.74) is -0.0719. The van der Waals surface area contributed by atoms with E-state index in [0.29, 0.717) is 0 Å². The van der Waals surface area contributed by atoms with Crippen LogP contribution in [0.15, 0.2) is 269 Å². The second-order valence-corrected chi connectivity index (χ2v) is 38.4. The van der Waals surface area contributed by atoms with E-state index >= 15 is 0 Å². The van der Waals surface area contributed by atoms with Crippen molar-refractivity contribution in [2.75, 3.05) is 6.26 Å². The highest BCUT2D eigenvalue weighted by atomic mass is 79.9. The van der Waals surface area contributed by atoms with E-state index in [4.69, 9.17) is 40.9 Å². The fourth-order valence-corrected chi connectivity index (χ4v) is 19.8. The number of benzene rings is 14. The minimum absolute atomic E-state index is 0.349. The van der Waals surface area contributed by atoms with Gasteiger partial charge in [-0.3, -0.25) is 8.76 Å². The molecule has 10 nitrogen and oxygen atoms in total. The van der Waals surface area contributed by atoms with E-state index in [0.717, 1.165) is 36.9 Å². The van der Waals surface area contributed by atoms with Gasteiger partial charge in [0, 0.05) is 76.8 Å². The van der Waals surface area contributed by atoms with Gasteiger partial charge in [-0.2, -0.15) is 21.6 Å². The molecule has 3 saturated heterocycles. The van der Waals surface area contributed by atoms with Gasteiger partial charge in [-0.25, -0.2) is 0 Å². The first kappa shape index (κ1) is 81.0. The predicted molar refractivity (Wildman–Crippen MR) is 480 cm³/mol. The third-order valence-electron chi connectivity index (χ3n) is 23.0. The molecule has 14 aromatic carbocycles. The maximum Gasteiger partial charge on any atom is 0.522 e. The number of alkyl halides is 3. The minimum Gasteiger partial charge on any atom is -0.399 e. The lowest BCUT2D eigenvalue weighted by Crippen LogP contribution is -2.41. The fraction of sp³-hybridized carbons (Fsp3) is 0.217. The van der Waals surface area contributed by atoms with Crippen LogP contribution in [-0.4, -0.2) is 83.9 Å². The van der Waals surface area contributed by atoms with Crippen LogP contribution in [0, 0.1) is 0 Å². The van der Waals surface area contributed by atoms with Crippen molar-refractivity contribution in [3.05, 3.63) is 264 Å². The van der Waals surface area contributed by atoms with E-state index in [-0.39, 0.29) is 55.0 Å². The highest BCUT2D eigenvalue weighted by Crippen LogP contribution is 2.50. The smallest absolute Gasteiger partial charge is 0.399 e. The Kier molecular flexibility index (Phi) is 21.8. The van der Waals surface area contributed by atoms with Crippen LogP contribution in [-0.2, 0) is 48.8 Å². The first-order chi connectivity index (χ1) is 53.9. The van der Waals surface area contributed by atoms with Gasteiger partial charge in [-0.1, -0.05) is 250 Å². The molecule has 16 aromatic rings. The molecule has 3 aliphatic heterocycles. The molecule has 3 aliphatic rings. The highest BCUT2D eigenvalue weighted by molar-refractivity contribution is 9.11. The average molecular weight is 1730 g/mol. The summed E-state index contributed by atoms with van der Waals surface area (Å²) < 4.78 is 115. The first-order valence-electron chi connectivity index (χ1n) is 37.4. The van der Waals surface area contributed by atoms with Crippen LogP contribution in [0.25, 0.3) is 127 Å². The van der Waals surface area contributed by atoms with Crippen LogP contribution < -0.4 is 16.4 Å². The molecular formula is C92H82B3Br2F3O10S4. The summed E-state index contributed by atoms with van der Waals surface area (Å²) in [6, 6.07) is 90.0. The topological polar surface area (TPSA) is 127 Å². The molecular weight excluding hydrogens is 1640 g/mol. The summed E-state index contributed by atoms with van der Waals surface area (Å²) in [6.45, 7) is 24.9. The molecule has 2 aromatic heterocycles. The van der Waals surface area contributed by atoms with Gasteiger partial charge in [0.2, 0.25) is 0 Å². The van der Waals surface area contributed by atoms with Gasteiger partial charge in [-0.15, -0.1) is 22.7 Å². The molecule has 578 valence electrons. The normalized spacial score (nSPS) is 17.0. The SMILES string of the molecule is Brc1cccc2sc3c4ccccc4c4ccccc4c3c12.CC1(C)OB(c2cccc(-c3cccc4sc5c6ccccc6c6ccccc6c5c34)c2)OC1(C)C.CC1(C)OB(c2cccc(B3OC(C)(C)C(C)(C)O3)c2)OC1(C)C.CS(=O)c1cccc(Br)c1-c1cc2ccccc2c2ccccc12.O=S(=O)(O)C(F)(F)F. The molecule has 0 amide bonds. The molecule has 0 saturated carbocycles. The number of hydrogen-bond acceptors (Lipinski definition) is 11. The lowest BCUT2D eigenvalue weighted by atomic mass is 9.72. The summed E-state index contributed by atoms with van der Waals surface area (Å²) >= 11 is 11.2. The van der Waals surface area contributed by atoms with Crippen molar-refractivity contribution < 1.29 is 58.3 Å². The third kappa shape index (κ3) is 15.1. The molecule has 1 N–H and O–H groups in total. The maximum atomic E-state index is 12.3. The summed E-state index contributed by atoms with van der Waals surface area (Å²) in [6.07, 6.45) is 1.73. The van der Waals surface area contributed by atoms with Gasteiger partial charge >= 0.3 is 37.0 Å². The number of thiophene rings is 2. The van der Waals surface area contributed by atoms with Gasteiger partial charge < -0.3 is 27.9 Å². The molecule has 0 radical (unpaired) electrons. The number of rotatable bonds is 6. The van der Waals surface area contributed by atoms with Crippen molar-refractivity contribution in [2.45, 2.75) is 127 Å². The second-order valence-electron chi connectivity index (χ2n) is 31.8. The molecule has 0 bridgehead atoms. The largest absolute Gasteiger partial charge is 0.522 e. The van der Waals surface area contributed by atoms with E-state index in [9.17, 15) is 17.4 Å². The standard InChI is InChI=1S/C32H27BO2S.C21H15BrOS.C20H11BrS.C18H28B2O4.CHF3O3S/c1-31(2)32(3,4)35-33(34-31)21-12-9-11-20(19-21)22-17-10-18-27-28(22)29-25-15-7-5-13-23(25)24-14-6-8-16-26(24)30(29)36-27;1-24(23)20-12-6-11-19(22)21(20)18-13-14-7-2-3-8-15(14)16-9-4-5-10-17(16)18;21-16-10-5-11-17-19(16)18-14-8-3-1-6-12(14)13-7-2-4-9-15(13)20(18)22-17;1-15(2)16(3,4)22-19(21-15)13-10-9-11-14(12-13)20-23-17(5,6)18(7,8)24-20;2-1(3,4)8(5,6)7/h5-19H,1-4H3;2-13H,1H3;1-11H;9-12H,1-8H3;(H,5,6,7). The van der Waals surface area contributed by atoms with Crippen molar-refractivity contribution in [3.63, 3.8) is 0 Å². The molecule has 22 heteroatoms. The maximum absolute atomic E-state index is 12.3. The Labute approximate surface area is 690 Å². The predicted octanol–water partition coefficient (Wildman–Crippen LogP) is 24.3. The van der Waals surface area contributed by atoms with Crippen molar-refractivity contribution in [2.24, 2.45) is 0 Å². The molecule has 0 spiro atoms. The fourth-order valence-electron chi connectivity index (χ4n) is 15.0. The summed E-state index contributed by atoms with van der Waals surface area (Å²) in [7, 11) is -8.03. The van der Waals surface area contributed by atoms with Gasteiger partial charge in [0.25, 0.3) is 0 Å². The van der Waals surface area contributed by atoms with E-state index < -0.39 is 26.4 Å². The Morgan fingerprint density at radius 2 is 0.702 bits per heavy atom.